The van der Waals surface area contributed by atoms with Crippen LogP contribution in [0.4, 0.5) is 0 Å². The molecule has 6 aromatic carbocycles. The summed E-state index contributed by atoms with van der Waals surface area (Å²) in [7, 11) is -3.76. The maximum Gasteiger partial charge on any atom is 0.335 e. The molecule has 2 N–H and O–H groups in total. The molecule has 0 bridgehead atoms. The lowest BCUT2D eigenvalue weighted by molar-refractivity contribution is 0.0697. The van der Waals surface area contributed by atoms with Crippen molar-refractivity contribution in [1.82, 2.24) is 9.29 Å². The molecule has 56 heavy (non-hydrogen) atoms. The number of aryl methyl sites for hydroxylation is 2. The van der Waals surface area contributed by atoms with Crippen molar-refractivity contribution in [2.45, 2.75) is 44.1 Å². The zero-order chi connectivity index (χ0) is 38.9. The molecule has 7 aromatic rings. The second-order valence-corrected chi connectivity index (χ2v) is 16.1. The van der Waals surface area contributed by atoms with Gasteiger partial charge in [0, 0.05) is 40.1 Å². The Kier molecular flexibility index (Phi) is 12.3. The number of aromatic carboxylic acids is 1. The molecule has 0 aliphatic carbocycles. The topological polar surface area (TPSA) is 97.6 Å². The highest BCUT2D eigenvalue weighted by atomic mass is 35.5. The number of para-hydroxylation sites is 1. The minimum Gasteiger partial charge on any atom is -0.489 e. The summed E-state index contributed by atoms with van der Waals surface area (Å²) >= 11 is 6.69. The molecule has 0 aliphatic heterocycles. The summed E-state index contributed by atoms with van der Waals surface area (Å²) in [4.78, 5) is 11.4. The first-order valence-electron chi connectivity index (χ1n) is 18.7. The van der Waals surface area contributed by atoms with E-state index in [4.69, 9.17) is 16.3 Å². The lowest BCUT2D eigenvalue weighted by atomic mass is 9.97. The molecule has 0 fully saturated rings. The molecule has 284 valence electrons. The number of sulfonamides is 1. The van der Waals surface area contributed by atoms with Gasteiger partial charge >= 0.3 is 5.97 Å². The normalized spacial score (nSPS) is 11.6. The molecule has 0 saturated carbocycles. The van der Waals surface area contributed by atoms with Crippen LogP contribution in [0.15, 0.2) is 158 Å². The summed E-state index contributed by atoms with van der Waals surface area (Å²) in [5.74, 6) is -0.638. The highest BCUT2D eigenvalue weighted by Crippen LogP contribution is 2.38. The van der Waals surface area contributed by atoms with Crippen LogP contribution in [0.3, 0.4) is 0 Å². The average Bonchev–Trinajstić information content (AvgIpc) is 3.50. The maximum atomic E-state index is 13.7. The number of carbonyl (C=O) groups is 1. The summed E-state index contributed by atoms with van der Waals surface area (Å²) in [6.07, 6.45) is 2.66. The summed E-state index contributed by atoms with van der Waals surface area (Å²) in [6, 6.07) is 50.5. The Balaban J connectivity index is 1.21. The molecule has 1 heterocycles. The van der Waals surface area contributed by atoms with Crippen molar-refractivity contribution in [2.75, 3.05) is 6.54 Å². The molecule has 7 nitrogen and oxygen atoms in total. The van der Waals surface area contributed by atoms with Crippen molar-refractivity contribution in [1.29, 1.82) is 0 Å². The smallest absolute Gasteiger partial charge is 0.335 e. The van der Waals surface area contributed by atoms with Crippen molar-refractivity contribution in [3.63, 3.8) is 0 Å². The molecule has 0 unspecified atom stereocenters. The van der Waals surface area contributed by atoms with Gasteiger partial charge in [0.25, 0.3) is 0 Å². The molecule has 9 heteroatoms. The van der Waals surface area contributed by atoms with Gasteiger partial charge in [0.05, 0.1) is 17.4 Å². The second-order valence-electron chi connectivity index (χ2n) is 13.8. The lowest BCUT2D eigenvalue weighted by Crippen LogP contribution is -2.28. The summed E-state index contributed by atoms with van der Waals surface area (Å²) in [5.41, 5.74) is 8.24. The van der Waals surface area contributed by atoms with Gasteiger partial charge in [0.15, 0.2) is 0 Å². The third-order valence-electron chi connectivity index (χ3n) is 10.0. The summed E-state index contributed by atoms with van der Waals surface area (Å²) in [6.45, 7) is 0.514. The van der Waals surface area contributed by atoms with Crippen LogP contribution >= 0.6 is 11.6 Å². The first kappa shape index (κ1) is 38.6. The predicted molar refractivity (Wildman–Crippen MR) is 224 cm³/mol. The molecule has 0 spiro atoms. The van der Waals surface area contributed by atoms with Gasteiger partial charge in [-0.3, -0.25) is 0 Å². The van der Waals surface area contributed by atoms with E-state index in [-0.39, 0.29) is 23.9 Å². The van der Waals surface area contributed by atoms with E-state index < -0.39 is 16.0 Å². The van der Waals surface area contributed by atoms with Gasteiger partial charge in [-0.2, -0.15) is 0 Å². The molecule has 0 radical (unpaired) electrons. The monoisotopic (exact) mass is 782 g/mol. The number of carboxylic acids is 1. The predicted octanol–water partition coefficient (Wildman–Crippen LogP) is 10.0. The molecule has 0 amide bonds. The van der Waals surface area contributed by atoms with Gasteiger partial charge in [-0.1, -0.05) is 133 Å². The van der Waals surface area contributed by atoms with Crippen LogP contribution in [0, 0.1) is 0 Å². The van der Waals surface area contributed by atoms with Crippen molar-refractivity contribution in [3.05, 3.63) is 207 Å². The van der Waals surface area contributed by atoms with Crippen LogP contribution in [-0.2, 0) is 41.6 Å². The Hall–Kier alpha value is -5.67. The first-order valence-corrected chi connectivity index (χ1v) is 20.7. The van der Waals surface area contributed by atoms with Gasteiger partial charge in [0.1, 0.15) is 12.4 Å². The zero-order valence-electron chi connectivity index (χ0n) is 30.9. The van der Waals surface area contributed by atoms with Crippen molar-refractivity contribution in [3.8, 4) is 5.75 Å². The van der Waals surface area contributed by atoms with Crippen molar-refractivity contribution in [2.24, 2.45) is 0 Å². The molecule has 7 rings (SSSR count). The Bertz CT molecular complexity index is 2470. The van der Waals surface area contributed by atoms with E-state index in [1.807, 2.05) is 103 Å². The average molecular weight is 783 g/mol. The molecule has 0 saturated heterocycles. The first-order chi connectivity index (χ1) is 27.3. The number of carboxylic acid groups (broad SMARTS) is 1. The van der Waals surface area contributed by atoms with Gasteiger partial charge in [-0.25, -0.2) is 17.9 Å². The fraction of sp³-hybridized carbons (Fsp3) is 0.170. The summed E-state index contributed by atoms with van der Waals surface area (Å²) in [5, 5.41) is 11.0. The Morgan fingerprint density at radius 2 is 1.34 bits per heavy atom. The number of nitrogens with zero attached hydrogens (tertiary/aromatic N) is 1. The van der Waals surface area contributed by atoms with Crippen LogP contribution in [0.25, 0.3) is 10.9 Å². The highest BCUT2D eigenvalue weighted by Gasteiger charge is 2.26. The van der Waals surface area contributed by atoms with E-state index in [9.17, 15) is 18.3 Å². The Morgan fingerprint density at radius 3 is 2.00 bits per heavy atom. The van der Waals surface area contributed by atoms with Crippen molar-refractivity contribution >= 4 is 38.5 Å². The van der Waals surface area contributed by atoms with Crippen LogP contribution in [0.5, 0.6) is 5.75 Å². The third kappa shape index (κ3) is 9.40. The number of hydrogen-bond donors (Lipinski definition) is 2. The molecular weight excluding hydrogens is 740 g/mol. The number of nitrogens with one attached hydrogen (secondary N) is 1. The minimum atomic E-state index is -3.76. The number of hydrogen-bond acceptors (Lipinski definition) is 4. The van der Waals surface area contributed by atoms with E-state index >= 15 is 0 Å². The SMILES string of the molecule is O=C(O)c1ccc(CCCc2c(CCNS(=O)(=O)Cc3ccccc3OCc3ccccc3)n(C(c3ccccc3)c3ccccc3)c3ccc(Cl)cc23)cc1. The molecule has 0 atom stereocenters. The second kappa shape index (κ2) is 17.9. The van der Waals surface area contributed by atoms with Crippen LogP contribution in [0.1, 0.15) is 61.9 Å². The number of aromatic nitrogens is 1. The highest BCUT2D eigenvalue weighted by molar-refractivity contribution is 7.88. The quantitative estimate of drug-likeness (QED) is 0.0959. The van der Waals surface area contributed by atoms with Gasteiger partial charge in [-0.15, -0.1) is 0 Å². The number of halogens is 1. The fourth-order valence-corrected chi connectivity index (χ4v) is 8.71. The van der Waals surface area contributed by atoms with Crippen LogP contribution in [0.2, 0.25) is 5.02 Å². The maximum absolute atomic E-state index is 13.7. The zero-order valence-corrected chi connectivity index (χ0v) is 32.4. The number of fused-ring (bicyclic) bond motifs is 1. The molecule has 1 aromatic heterocycles. The number of rotatable bonds is 17. The lowest BCUT2D eigenvalue weighted by Gasteiger charge is -2.25. The van der Waals surface area contributed by atoms with Gasteiger partial charge in [-0.05, 0) is 83.5 Å². The van der Waals surface area contributed by atoms with Gasteiger partial charge in [0.2, 0.25) is 10.0 Å². The fourth-order valence-electron chi connectivity index (χ4n) is 7.38. The third-order valence-corrected chi connectivity index (χ3v) is 11.6. The standard InChI is InChI=1S/C47H43ClN2O5S/c48-40-27-28-43-42(31-40)41(21-12-15-34-23-25-38(26-24-34)47(51)52)44(50(43)46(36-16-6-2-7-17-36)37-18-8-3-9-19-37)29-30-49-56(53,54)33-39-20-10-11-22-45(39)55-32-35-13-4-1-5-14-35/h1-11,13-14,16-20,22-28,31,46,49H,12,15,21,29-30,32-33H2,(H,51,52). The largest absolute Gasteiger partial charge is 0.489 e. The van der Waals surface area contributed by atoms with E-state index in [1.165, 1.54) is 0 Å². The molecular formula is C47H43ClN2O5S. The van der Waals surface area contributed by atoms with Crippen molar-refractivity contribution < 1.29 is 23.1 Å². The minimum absolute atomic E-state index is 0.180. The summed E-state index contributed by atoms with van der Waals surface area (Å²) < 4.78 is 38.8. The number of benzene rings is 6. The Morgan fingerprint density at radius 1 is 0.714 bits per heavy atom. The van der Waals surface area contributed by atoms with Crippen LogP contribution in [-0.4, -0.2) is 30.6 Å². The van der Waals surface area contributed by atoms with E-state index in [2.05, 4.69) is 39.6 Å². The number of ether oxygens (including phenoxy) is 1. The Labute approximate surface area is 333 Å². The van der Waals surface area contributed by atoms with E-state index in [0.717, 1.165) is 57.3 Å². The van der Waals surface area contributed by atoms with E-state index in [0.29, 0.717) is 35.8 Å². The van der Waals surface area contributed by atoms with Crippen LogP contribution < -0.4 is 9.46 Å². The molecule has 0 aliphatic rings. The van der Waals surface area contributed by atoms with E-state index in [1.54, 1.807) is 24.3 Å². The van der Waals surface area contributed by atoms with Gasteiger partial charge < -0.3 is 14.4 Å².